The fraction of sp³-hybridized carbons (Fsp3) is 0.706. The summed E-state index contributed by atoms with van der Waals surface area (Å²) in [6.45, 7) is 5.70. The van der Waals surface area contributed by atoms with Gasteiger partial charge >= 0.3 is 0 Å². The normalized spacial score (nSPS) is 25.9. The third-order valence-corrected chi connectivity index (χ3v) is 5.45. The van der Waals surface area contributed by atoms with Crippen LogP contribution in [0.3, 0.4) is 0 Å². The predicted octanol–water partition coefficient (Wildman–Crippen LogP) is 3.24. The van der Waals surface area contributed by atoms with E-state index in [0.29, 0.717) is 18.9 Å². The molecular weight excluding hydrogens is 332 g/mol. The molecule has 1 aromatic rings. The third-order valence-electron chi connectivity index (χ3n) is 4.75. The Morgan fingerprint density at radius 2 is 2.17 bits per heavy atom. The van der Waals surface area contributed by atoms with Crippen LogP contribution in [0.4, 0.5) is 0 Å². The van der Waals surface area contributed by atoms with E-state index < -0.39 is 0 Å². The van der Waals surface area contributed by atoms with Gasteiger partial charge in [0.15, 0.2) is 0 Å². The number of carbonyl (C=O) groups excluding carboxylic acids is 1. The first-order chi connectivity index (χ1) is 10.7. The number of carbonyl (C=O) groups is 1. The van der Waals surface area contributed by atoms with E-state index in [2.05, 4.69) is 29.1 Å². The molecule has 4 nitrogen and oxygen atoms in total. The first kappa shape index (κ1) is 18.7. The van der Waals surface area contributed by atoms with Crippen molar-refractivity contribution < 1.29 is 9.53 Å². The van der Waals surface area contributed by atoms with Crippen molar-refractivity contribution in [2.24, 2.45) is 5.92 Å². The molecule has 0 saturated carbocycles. The van der Waals surface area contributed by atoms with Gasteiger partial charge in [-0.2, -0.15) is 11.3 Å². The van der Waals surface area contributed by atoms with Crippen molar-refractivity contribution in [3.05, 3.63) is 22.4 Å². The topological polar surface area (TPSA) is 41.6 Å². The summed E-state index contributed by atoms with van der Waals surface area (Å²) in [6, 6.07) is 2.10. The van der Waals surface area contributed by atoms with Crippen LogP contribution >= 0.6 is 23.7 Å². The van der Waals surface area contributed by atoms with E-state index in [1.165, 1.54) is 18.4 Å². The molecule has 2 fully saturated rings. The molecule has 2 saturated heterocycles. The Labute approximate surface area is 149 Å². The predicted molar refractivity (Wildman–Crippen MR) is 96.3 cm³/mol. The molecule has 0 spiro atoms. The fourth-order valence-corrected chi connectivity index (χ4v) is 4.16. The molecule has 0 bridgehead atoms. The third kappa shape index (κ3) is 5.18. The lowest BCUT2D eigenvalue weighted by atomic mass is 9.93. The molecule has 0 aliphatic carbocycles. The van der Waals surface area contributed by atoms with Crippen molar-refractivity contribution in [3.63, 3.8) is 0 Å². The molecule has 130 valence electrons. The smallest absolute Gasteiger partial charge is 0.222 e. The monoisotopic (exact) mass is 358 g/mol. The van der Waals surface area contributed by atoms with E-state index >= 15 is 0 Å². The molecule has 1 amide bonds. The number of ether oxygens (including phenoxy) is 1. The van der Waals surface area contributed by atoms with Gasteiger partial charge in [-0.25, -0.2) is 0 Å². The van der Waals surface area contributed by atoms with Gasteiger partial charge < -0.3 is 15.0 Å². The Kier molecular flexibility index (Phi) is 7.34. The van der Waals surface area contributed by atoms with E-state index in [1.807, 2.05) is 4.90 Å². The summed E-state index contributed by atoms with van der Waals surface area (Å²) in [5.41, 5.74) is 1.20. The number of hydrogen-bond acceptors (Lipinski definition) is 4. The average molecular weight is 359 g/mol. The summed E-state index contributed by atoms with van der Waals surface area (Å²) in [7, 11) is 0. The Hall–Kier alpha value is -0.620. The molecule has 2 aliphatic heterocycles. The number of hydrogen-bond donors (Lipinski definition) is 1. The largest absolute Gasteiger partial charge is 0.367 e. The van der Waals surface area contributed by atoms with Crippen LogP contribution in [0.5, 0.6) is 0 Å². The summed E-state index contributed by atoms with van der Waals surface area (Å²) >= 11 is 1.68. The summed E-state index contributed by atoms with van der Waals surface area (Å²) in [4.78, 5) is 14.6. The van der Waals surface area contributed by atoms with Gasteiger partial charge in [-0.05, 0) is 67.6 Å². The van der Waals surface area contributed by atoms with Gasteiger partial charge in [0, 0.05) is 13.0 Å². The van der Waals surface area contributed by atoms with Crippen LogP contribution in [-0.2, 0) is 9.53 Å². The van der Waals surface area contributed by atoms with Crippen LogP contribution in [-0.4, -0.2) is 43.1 Å². The molecule has 3 heterocycles. The SMILES string of the molecule is CC1CN(C(=O)CCC2CCNCC2)CC(c2ccsc2)O1.Cl. The van der Waals surface area contributed by atoms with E-state index in [0.717, 1.165) is 32.0 Å². The lowest BCUT2D eigenvalue weighted by molar-refractivity contribution is -0.145. The number of thiophene rings is 1. The lowest BCUT2D eigenvalue weighted by Crippen LogP contribution is -2.46. The van der Waals surface area contributed by atoms with E-state index in [4.69, 9.17) is 4.74 Å². The molecular formula is C17H27ClN2O2S. The highest BCUT2D eigenvalue weighted by Gasteiger charge is 2.29. The van der Waals surface area contributed by atoms with Crippen LogP contribution in [0.15, 0.2) is 16.8 Å². The van der Waals surface area contributed by atoms with Crippen LogP contribution < -0.4 is 5.32 Å². The zero-order valence-corrected chi connectivity index (χ0v) is 15.3. The van der Waals surface area contributed by atoms with E-state index in [1.54, 1.807) is 11.3 Å². The van der Waals surface area contributed by atoms with Crippen molar-refractivity contribution in [3.8, 4) is 0 Å². The molecule has 23 heavy (non-hydrogen) atoms. The van der Waals surface area contributed by atoms with Crippen molar-refractivity contribution in [2.75, 3.05) is 26.2 Å². The molecule has 2 atom stereocenters. The molecule has 2 unspecified atom stereocenters. The highest BCUT2D eigenvalue weighted by atomic mass is 35.5. The Morgan fingerprint density at radius 3 is 2.87 bits per heavy atom. The maximum Gasteiger partial charge on any atom is 0.222 e. The maximum absolute atomic E-state index is 12.6. The van der Waals surface area contributed by atoms with Gasteiger partial charge in [-0.15, -0.1) is 12.4 Å². The number of nitrogens with one attached hydrogen (secondary N) is 1. The molecule has 6 heteroatoms. The van der Waals surface area contributed by atoms with Gasteiger partial charge in [0.05, 0.1) is 12.6 Å². The molecule has 1 N–H and O–H groups in total. The Bertz CT molecular complexity index is 477. The average Bonchev–Trinajstić information content (AvgIpc) is 3.07. The fourth-order valence-electron chi connectivity index (χ4n) is 3.45. The number of rotatable bonds is 4. The van der Waals surface area contributed by atoms with Gasteiger partial charge in [0.1, 0.15) is 6.10 Å². The highest BCUT2D eigenvalue weighted by molar-refractivity contribution is 7.07. The number of halogens is 1. The second-order valence-corrected chi connectivity index (χ2v) is 7.30. The minimum Gasteiger partial charge on any atom is -0.367 e. The van der Waals surface area contributed by atoms with Gasteiger partial charge in [0.2, 0.25) is 5.91 Å². The quantitative estimate of drug-likeness (QED) is 0.898. The number of amides is 1. The van der Waals surface area contributed by atoms with E-state index in [-0.39, 0.29) is 24.6 Å². The standard InChI is InChI=1S/C17H26N2O2S.ClH/c1-13-10-19(11-16(21-13)15-6-9-22-12-15)17(20)3-2-14-4-7-18-8-5-14;/h6,9,12-14,16,18H,2-5,7-8,10-11H2,1H3;1H. The van der Waals surface area contributed by atoms with Crippen LogP contribution in [0.1, 0.15) is 44.3 Å². The summed E-state index contributed by atoms with van der Waals surface area (Å²) in [5, 5.41) is 7.58. The van der Waals surface area contributed by atoms with Crippen molar-refractivity contribution in [1.82, 2.24) is 10.2 Å². The van der Waals surface area contributed by atoms with Gasteiger partial charge in [0.25, 0.3) is 0 Å². The van der Waals surface area contributed by atoms with Gasteiger partial charge in [-0.1, -0.05) is 0 Å². The lowest BCUT2D eigenvalue weighted by Gasteiger charge is -2.37. The van der Waals surface area contributed by atoms with Crippen LogP contribution in [0.2, 0.25) is 0 Å². The summed E-state index contributed by atoms with van der Waals surface area (Å²) in [5.74, 6) is 1.02. The Morgan fingerprint density at radius 1 is 1.39 bits per heavy atom. The maximum atomic E-state index is 12.6. The first-order valence-electron chi connectivity index (χ1n) is 8.38. The second-order valence-electron chi connectivity index (χ2n) is 6.52. The Balaban J connectivity index is 0.00000192. The van der Waals surface area contributed by atoms with Crippen molar-refractivity contribution in [2.45, 2.75) is 44.8 Å². The zero-order valence-electron chi connectivity index (χ0n) is 13.7. The summed E-state index contributed by atoms with van der Waals surface area (Å²) in [6.07, 6.45) is 4.30. The molecule has 1 aromatic heterocycles. The molecule has 3 rings (SSSR count). The molecule has 0 aromatic carbocycles. The van der Waals surface area contributed by atoms with Crippen LogP contribution in [0, 0.1) is 5.92 Å². The second kappa shape index (κ2) is 9.02. The highest BCUT2D eigenvalue weighted by Crippen LogP contribution is 2.27. The first-order valence-corrected chi connectivity index (χ1v) is 9.32. The van der Waals surface area contributed by atoms with E-state index in [9.17, 15) is 4.79 Å². The minimum atomic E-state index is 0. The van der Waals surface area contributed by atoms with Gasteiger partial charge in [-0.3, -0.25) is 4.79 Å². The minimum absolute atomic E-state index is 0. The number of nitrogens with zero attached hydrogens (tertiary/aromatic N) is 1. The molecule has 2 aliphatic rings. The number of piperidine rings is 1. The summed E-state index contributed by atoms with van der Waals surface area (Å²) < 4.78 is 6.01. The van der Waals surface area contributed by atoms with Crippen molar-refractivity contribution >= 4 is 29.7 Å². The number of morpholine rings is 1. The van der Waals surface area contributed by atoms with Crippen LogP contribution in [0.25, 0.3) is 0 Å². The zero-order chi connectivity index (χ0) is 15.4. The van der Waals surface area contributed by atoms with Crippen molar-refractivity contribution in [1.29, 1.82) is 0 Å². The molecule has 0 radical (unpaired) electrons.